The number of ether oxygens (including phenoxy) is 1. The zero-order valence-electron chi connectivity index (χ0n) is 17.6. The van der Waals surface area contributed by atoms with Crippen molar-refractivity contribution in [2.45, 2.75) is 39.2 Å². The van der Waals surface area contributed by atoms with Crippen LogP contribution in [0.5, 0.6) is 5.88 Å². The molecule has 4 aromatic rings. The SMILES string of the molecule is COc1nc(-c2nc(N3CCCn4nc5c(c43)CCC5)cs2)ccc1-n1cnc(C)c1. The first kappa shape index (κ1) is 18.6. The summed E-state index contributed by atoms with van der Waals surface area (Å²) >= 11 is 1.61. The van der Waals surface area contributed by atoms with Crippen LogP contribution in [0.25, 0.3) is 16.4 Å². The minimum absolute atomic E-state index is 0.556. The van der Waals surface area contributed by atoms with E-state index in [0.717, 1.165) is 60.3 Å². The maximum Gasteiger partial charge on any atom is 0.238 e. The summed E-state index contributed by atoms with van der Waals surface area (Å²) in [4.78, 5) is 16.3. The molecule has 31 heavy (non-hydrogen) atoms. The zero-order chi connectivity index (χ0) is 20.9. The predicted octanol–water partition coefficient (Wildman–Crippen LogP) is 3.93. The second-order valence-electron chi connectivity index (χ2n) is 7.99. The van der Waals surface area contributed by atoms with Crippen LogP contribution in [0.3, 0.4) is 0 Å². The van der Waals surface area contributed by atoms with Crippen LogP contribution in [0.2, 0.25) is 0 Å². The van der Waals surface area contributed by atoms with Gasteiger partial charge < -0.3 is 14.2 Å². The van der Waals surface area contributed by atoms with Gasteiger partial charge in [-0.1, -0.05) is 0 Å². The van der Waals surface area contributed by atoms with Crippen molar-refractivity contribution in [2.75, 3.05) is 18.6 Å². The molecule has 158 valence electrons. The van der Waals surface area contributed by atoms with Crippen LogP contribution in [0.15, 0.2) is 30.0 Å². The van der Waals surface area contributed by atoms with E-state index in [2.05, 4.69) is 19.9 Å². The van der Waals surface area contributed by atoms with Crippen LogP contribution in [-0.2, 0) is 19.4 Å². The van der Waals surface area contributed by atoms with Crippen LogP contribution < -0.4 is 9.64 Å². The Morgan fingerprint density at radius 3 is 2.87 bits per heavy atom. The minimum atomic E-state index is 0.556. The quantitative estimate of drug-likeness (QED) is 0.485. The maximum absolute atomic E-state index is 5.58. The molecule has 0 unspecified atom stereocenters. The number of anilines is 2. The smallest absolute Gasteiger partial charge is 0.238 e. The van der Waals surface area contributed by atoms with Crippen molar-refractivity contribution in [3.8, 4) is 22.3 Å². The van der Waals surface area contributed by atoms with Crippen LogP contribution in [0.1, 0.15) is 29.8 Å². The number of aryl methyl sites for hydroxylation is 3. The highest BCUT2D eigenvalue weighted by Gasteiger charge is 2.30. The number of fused-ring (bicyclic) bond motifs is 3. The fourth-order valence-electron chi connectivity index (χ4n) is 4.55. The number of rotatable bonds is 4. The lowest BCUT2D eigenvalue weighted by atomic mass is 10.2. The van der Waals surface area contributed by atoms with Gasteiger partial charge in [-0.2, -0.15) is 5.10 Å². The second kappa shape index (κ2) is 7.19. The highest BCUT2D eigenvalue weighted by Crippen LogP contribution is 2.39. The third-order valence-electron chi connectivity index (χ3n) is 5.96. The first-order valence-corrected chi connectivity index (χ1v) is 11.5. The summed E-state index contributed by atoms with van der Waals surface area (Å²) in [5, 5.41) is 7.86. The number of nitrogens with zero attached hydrogens (tertiary/aromatic N) is 7. The summed E-state index contributed by atoms with van der Waals surface area (Å²) in [6.07, 6.45) is 8.22. The lowest BCUT2D eigenvalue weighted by Crippen LogP contribution is -2.29. The van der Waals surface area contributed by atoms with Gasteiger partial charge in [-0.3, -0.25) is 0 Å². The summed E-state index contributed by atoms with van der Waals surface area (Å²) < 4.78 is 9.68. The van der Waals surface area contributed by atoms with Crippen LogP contribution in [-0.4, -0.2) is 43.0 Å². The van der Waals surface area contributed by atoms with Gasteiger partial charge in [0.25, 0.3) is 0 Å². The maximum atomic E-state index is 5.58. The van der Waals surface area contributed by atoms with Gasteiger partial charge in [-0.15, -0.1) is 11.3 Å². The monoisotopic (exact) mass is 433 g/mol. The molecule has 9 heteroatoms. The summed E-state index contributed by atoms with van der Waals surface area (Å²) in [5.41, 5.74) is 5.30. The third-order valence-corrected chi connectivity index (χ3v) is 6.82. The van der Waals surface area contributed by atoms with E-state index in [1.54, 1.807) is 24.8 Å². The molecule has 0 aromatic carbocycles. The predicted molar refractivity (Wildman–Crippen MR) is 120 cm³/mol. The first-order chi connectivity index (χ1) is 15.2. The molecule has 6 rings (SSSR count). The van der Waals surface area contributed by atoms with E-state index >= 15 is 0 Å². The molecular weight excluding hydrogens is 410 g/mol. The molecule has 0 bridgehead atoms. The van der Waals surface area contributed by atoms with Crippen molar-refractivity contribution in [1.82, 2.24) is 29.3 Å². The van der Waals surface area contributed by atoms with Gasteiger partial charge in [0.15, 0.2) is 0 Å². The summed E-state index contributed by atoms with van der Waals surface area (Å²) in [7, 11) is 1.64. The van der Waals surface area contributed by atoms with Gasteiger partial charge in [0.05, 0.1) is 24.8 Å². The Morgan fingerprint density at radius 1 is 1.10 bits per heavy atom. The van der Waals surface area contributed by atoms with Crippen LogP contribution in [0.4, 0.5) is 11.6 Å². The molecule has 0 saturated heterocycles. The topological polar surface area (TPSA) is 73.9 Å². The Hall–Kier alpha value is -3.20. The molecule has 0 saturated carbocycles. The van der Waals surface area contributed by atoms with Crippen LogP contribution >= 0.6 is 11.3 Å². The average Bonchev–Trinajstić information content (AvgIpc) is 3.56. The third kappa shape index (κ3) is 3.03. The van der Waals surface area contributed by atoms with Crippen molar-refractivity contribution in [3.05, 3.63) is 47.0 Å². The Morgan fingerprint density at radius 2 is 2.03 bits per heavy atom. The highest BCUT2D eigenvalue weighted by molar-refractivity contribution is 7.13. The van der Waals surface area contributed by atoms with E-state index in [0.29, 0.717) is 5.88 Å². The van der Waals surface area contributed by atoms with Crippen molar-refractivity contribution >= 4 is 23.0 Å². The molecule has 0 fully saturated rings. The van der Waals surface area contributed by atoms with Gasteiger partial charge in [0, 0.05) is 30.2 Å². The molecule has 0 N–H and O–H groups in total. The molecule has 2 aliphatic rings. The van der Waals surface area contributed by atoms with E-state index in [4.69, 9.17) is 19.8 Å². The highest BCUT2D eigenvalue weighted by atomic mass is 32.1. The van der Waals surface area contributed by atoms with E-state index in [-0.39, 0.29) is 0 Å². The fourth-order valence-corrected chi connectivity index (χ4v) is 5.33. The summed E-state index contributed by atoms with van der Waals surface area (Å²) in [6, 6.07) is 4.00. The Balaban J connectivity index is 1.35. The molecule has 0 spiro atoms. The number of thiazole rings is 1. The van der Waals surface area contributed by atoms with Gasteiger partial charge >= 0.3 is 0 Å². The molecule has 1 aliphatic heterocycles. The van der Waals surface area contributed by atoms with E-state index < -0.39 is 0 Å². The lowest BCUT2D eigenvalue weighted by molar-refractivity contribution is 0.396. The number of hydrogen-bond acceptors (Lipinski definition) is 7. The summed E-state index contributed by atoms with van der Waals surface area (Å²) in [5.74, 6) is 2.78. The Kier molecular flexibility index (Phi) is 4.31. The number of methoxy groups -OCH3 is 1. The number of aromatic nitrogens is 6. The van der Waals surface area contributed by atoms with E-state index in [1.807, 2.05) is 29.8 Å². The second-order valence-corrected chi connectivity index (χ2v) is 8.85. The molecule has 0 radical (unpaired) electrons. The van der Waals surface area contributed by atoms with Crippen molar-refractivity contribution < 1.29 is 4.74 Å². The van der Waals surface area contributed by atoms with Gasteiger partial charge in [0.2, 0.25) is 5.88 Å². The Bertz CT molecular complexity index is 1270. The molecular formula is C22H23N7OS. The fraction of sp³-hybridized carbons (Fsp3) is 0.364. The lowest BCUT2D eigenvalue weighted by Gasteiger charge is -2.28. The standard InChI is InChI=1S/C22H23N7OS/c1-14-11-27(13-23-14)18-8-7-17(24-20(18)30-2)21-25-19(12-31-21)28-9-4-10-29-22(28)15-5-3-6-16(15)26-29/h7-8,11-13H,3-6,9-10H2,1-2H3. The number of hydrogen-bond donors (Lipinski definition) is 0. The molecule has 0 amide bonds. The van der Waals surface area contributed by atoms with Crippen molar-refractivity contribution in [1.29, 1.82) is 0 Å². The normalized spacial score (nSPS) is 15.2. The van der Waals surface area contributed by atoms with Crippen LogP contribution in [0, 0.1) is 6.92 Å². The molecule has 5 heterocycles. The molecule has 0 atom stereocenters. The average molecular weight is 434 g/mol. The van der Waals surface area contributed by atoms with Gasteiger partial charge in [-0.05, 0) is 44.7 Å². The first-order valence-electron chi connectivity index (χ1n) is 10.6. The molecule has 4 aromatic heterocycles. The minimum Gasteiger partial charge on any atom is -0.479 e. The van der Waals surface area contributed by atoms with Crippen molar-refractivity contribution in [3.63, 3.8) is 0 Å². The molecule has 1 aliphatic carbocycles. The largest absolute Gasteiger partial charge is 0.479 e. The van der Waals surface area contributed by atoms with Crippen molar-refractivity contribution in [2.24, 2.45) is 0 Å². The van der Waals surface area contributed by atoms with E-state index in [9.17, 15) is 0 Å². The Labute approximate surface area is 184 Å². The number of pyridine rings is 1. The zero-order valence-corrected chi connectivity index (χ0v) is 18.4. The van der Waals surface area contributed by atoms with Gasteiger partial charge in [0.1, 0.15) is 28.0 Å². The van der Waals surface area contributed by atoms with E-state index in [1.165, 1.54) is 23.5 Å². The number of imidazole rings is 1. The molecule has 8 nitrogen and oxygen atoms in total. The summed E-state index contributed by atoms with van der Waals surface area (Å²) in [6.45, 7) is 3.92. The van der Waals surface area contributed by atoms with Gasteiger partial charge in [-0.25, -0.2) is 19.6 Å².